The van der Waals surface area contributed by atoms with Gasteiger partial charge >= 0.3 is 0 Å². The maximum Gasteiger partial charge on any atom is 0.251 e. The van der Waals surface area contributed by atoms with Crippen LogP contribution in [0, 0.1) is 5.82 Å². The van der Waals surface area contributed by atoms with Crippen molar-refractivity contribution in [3.63, 3.8) is 0 Å². The van der Waals surface area contributed by atoms with E-state index in [4.69, 9.17) is 10.5 Å². The summed E-state index contributed by atoms with van der Waals surface area (Å²) in [4.78, 5) is 12.2. The zero-order valence-corrected chi connectivity index (χ0v) is 11.7. The van der Waals surface area contributed by atoms with Crippen molar-refractivity contribution in [3.8, 4) is 5.75 Å². The summed E-state index contributed by atoms with van der Waals surface area (Å²) >= 11 is 0. The van der Waals surface area contributed by atoms with Crippen molar-refractivity contribution in [2.24, 2.45) is 5.73 Å². The molecular formula is C16H17FN2O2. The average Bonchev–Trinajstić information content (AvgIpc) is 2.53. The van der Waals surface area contributed by atoms with Crippen LogP contribution in [0.5, 0.6) is 5.75 Å². The van der Waals surface area contributed by atoms with E-state index >= 15 is 0 Å². The smallest absolute Gasteiger partial charge is 0.251 e. The molecule has 3 N–H and O–H groups in total. The second-order valence-electron chi connectivity index (χ2n) is 4.52. The number of nitrogens with one attached hydrogen (secondary N) is 1. The molecule has 5 heteroatoms. The van der Waals surface area contributed by atoms with Crippen molar-refractivity contribution in [1.29, 1.82) is 0 Å². The number of nitrogens with two attached hydrogens (primary N) is 1. The van der Waals surface area contributed by atoms with Gasteiger partial charge < -0.3 is 15.8 Å². The number of carbonyl (C=O) groups is 1. The molecule has 0 aliphatic carbocycles. The van der Waals surface area contributed by atoms with Gasteiger partial charge in [0, 0.05) is 12.1 Å². The fourth-order valence-electron chi connectivity index (χ4n) is 2.01. The fraction of sp³-hybridized carbons (Fsp3) is 0.188. The standard InChI is InChI=1S/C16H17FN2O2/c1-21-15-9-12(7-8-13(15)17)16(20)19-14(10-18)11-5-3-2-4-6-11/h2-9,14H,10,18H2,1H3,(H,19,20). The van der Waals surface area contributed by atoms with Crippen LogP contribution in [0.1, 0.15) is 22.0 Å². The first-order valence-corrected chi connectivity index (χ1v) is 6.55. The minimum atomic E-state index is -0.507. The Hall–Kier alpha value is -2.40. The highest BCUT2D eigenvalue weighted by atomic mass is 19.1. The highest BCUT2D eigenvalue weighted by Gasteiger charge is 2.15. The lowest BCUT2D eigenvalue weighted by atomic mass is 10.1. The number of carbonyl (C=O) groups excluding carboxylic acids is 1. The van der Waals surface area contributed by atoms with Gasteiger partial charge in [-0.05, 0) is 23.8 Å². The van der Waals surface area contributed by atoms with Crippen LogP contribution in [-0.2, 0) is 0 Å². The van der Waals surface area contributed by atoms with Crippen molar-refractivity contribution >= 4 is 5.91 Å². The molecule has 110 valence electrons. The van der Waals surface area contributed by atoms with Crippen LogP contribution in [0.15, 0.2) is 48.5 Å². The molecular weight excluding hydrogens is 271 g/mol. The van der Waals surface area contributed by atoms with Gasteiger partial charge in [-0.2, -0.15) is 0 Å². The number of rotatable bonds is 5. The molecule has 0 spiro atoms. The third-order valence-electron chi connectivity index (χ3n) is 3.16. The van der Waals surface area contributed by atoms with Crippen molar-refractivity contribution in [1.82, 2.24) is 5.32 Å². The number of hydrogen-bond donors (Lipinski definition) is 2. The Balaban J connectivity index is 2.16. The molecule has 2 aromatic rings. The summed E-state index contributed by atoms with van der Waals surface area (Å²) in [5, 5.41) is 2.83. The van der Waals surface area contributed by atoms with E-state index in [-0.39, 0.29) is 24.2 Å². The molecule has 2 rings (SSSR count). The van der Waals surface area contributed by atoms with E-state index in [1.807, 2.05) is 30.3 Å². The summed E-state index contributed by atoms with van der Waals surface area (Å²) in [5.41, 5.74) is 6.95. The van der Waals surface area contributed by atoms with Gasteiger partial charge in [-0.3, -0.25) is 4.79 Å². The zero-order chi connectivity index (χ0) is 15.2. The third-order valence-corrected chi connectivity index (χ3v) is 3.16. The number of amides is 1. The molecule has 1 unspecified atom stereocenters. The van der Waals surface area contributed by atoms with Gasteiger partial charge in [0.25, 0.3) is 5.91 Å². The molecule has 0 aromatic heterocycles. The van der Waals surface area contributed by atoms with Crippen LogP contribution in [0.2, 0.25) is 0 Å². The molecule has 1 atom stereocenters. The SMILES string of the molecule is COc1cc(C(=O)NC(CN)c2ccccc2)ccc1F. The highest BCUT2D eigenvalue weighted by molar-refractivity contribution is 5.94. The van der Waals surface area contributed by atoms with Crippen LogP contribution in [-0.4, -0.2) is 19.6 Å². The van der Waals surface area contributed by atoms with Crippen LogP contribution in [0.4, 0.5) is 4.39 Å². The molecule has 21 heavy (non-hydrogen) atoms. The van der Waals surface area contributed by atoms with Crippen LogP contribution in [0.3, 0.4) is 0 Å². The van der Waals surface area contributed by atoms with Crippen molar-refractivity contribution < 1.29 is 13.9 Å². The van der Waals surface area contributed by atoms with Gasteiger partial charge in [0.15, 0.2) is 11.6 Å². The third kappa shape index (κ3) is 3.58. The van der Waals surface area contributed by atoms with E-state index in [2.05, 4.69) is 5.32 Å². The minimum absolute atomic E-state index is 0.0339. The van der Waals surface area contributed by atoms with Crippen LogP contribution < -0.4 is 15.8 Å². The van der Waals surface area contributed by atoms with Gasteiger partial charge in [-0.25, -0.2) is 4.39 Å². The van der Waals surface area contributed by atoms with E-state index in [1.165, 1.54) is 25.3 Å². The molecule has 4 nitrogen and oxygen atoms in total. The molecule has 0 radical (unpaired) electrons. The van der Waals surface area contributed by atoms with Gasteiger partial charge in [0.1, 0.15) is 0 Å². The van der Waals surface area contributed by atoms with Crippen LogP contribution >= 0.6 is 0 Å². The Labute approximate surface area is 122 Å². The lowest BCUT2D eigenvalue weighted by Gasteiger charge is -2.17. The predicted octanol–water partition coefficient (Wildman–Crippen LogP) is 2.26. The van der Waals surface area contributed by atoms with Gasteiger partial charge in [-0.1, -0.05) is 30.3 Å². The second-order valence-corrected chi connectivity index (χ2v) is 4.52. The monoisotopic (exact) mass is 288 g/mol. The summed E-state index contributed by atoms with van der Waals surface area (Å²) < 4.78 is 18.2. The van der Waals surface area contributed by atoms with Gasteiger partial charge in [0.05, 0.1) is 13.2 Å². The van der Waals surface area contributed by atoms with E-state index < -0.39 is 5.82 Å². The van der Waals surface area contributed by atoms with Crippen molar-refractivity contribution in [2.75, 3.05) is 13.7 Å². The Morgan fingerprint density at radius 1 is 1.29 bits per heavy atom. The zero-order valence-electron chi connectivity index (χ0n) is 11.7. The fourth-order valence-corrected chi connectivity index (χ4v) is 2.01. The average molecular weight is 288 g/mol. The maximum absolute atomic E-state index is 13.4. The van der Waals surface area contributed by atoms with Crippen molar-refractivity contribution in [3.05, 3.63) is 65.5 Å². The molecule has 0 saturated carbocycles. The first-order valence-electron chi connectivity index (χ1n) is 6.55. The van der Waals surface area contributed by atoms with E-state index in [9.17, 15) is 9.18 Å². The molecule has 0 bridgehead atoms. The summed E-state index contributed by atoms with van der Waals surface area (Å²) in [6.07, 6.45) is 0. The lowest BCUT2D eigenvalue weighted by molar-refractivity contribution is 0.0937. The largest absolute Gasteiger partial charge is 0.494 e. The predicted molar refractivity (Wildman–Crippen MR) is 78.7 cm³/mol. The molecule has 0 aliphatic rings. The molecule has 0 aliphatic heterocycles. The number of ether oxygens (including phenoxy) is 1. The molecule has 0 fully saturated rings. The highest BCUT2D eigenvalue weighted by Crippen LogP contribution is 2.19. The van der Waals surface area contributed by atoms with E-state index in [1.54, 1.807) is 0 Å². The maximum atomic E-state index is 13.4. The Kier molecular flexibility index (Phi) is 4.90. The number of hydrogen-bond acceptors (Lipinski definition) is 3. The Morgan fingerprint density at radius 2 is 2.00 bits per heavy atom. The van der Waals surface area contributed by atoms with Crippen LogP contribution in [0.25, 0.3) is 0 Å². The summed E-state index contributed by atoms with van der Waals surface area (Å²) in [5.74, 6) is -0.799. The van der Waals surface area contributed by atoms with Crippen molar-refractivity contribution in [2.45, 2.75) is 6.04 Å². The quantitative estimate of drug-likeness (QED) is 0.887. The first-order chi connectivity index (χ1) is 10.2. The molecule has 2 aromatic carbocycles. The lowest BCUT2D eigenvalue weighted by Crippen LogP contribution is -2.33. The molecule has 1 amide bonds. The number of halogens is 1. The Morgan fingerprint density at radius 3 is 2.62 bits per heavy atom. The second kappa shape index (κ2) is 6.85. The van der Waals surface area contributed by atoms with Gasteiger partial charge in [0.2, 0.25) is 0 Å². The summed E-state index contributed by atoms with van der Waals surface area (Å²) in [6, 6.07) is 13.1. The van der Waals surface area contributed by atoms with E-state index in [0.717, 1.165) is 5.56 Å². The normalized spacial score (nSPS) is 11.8. The van der Waals surface area contributed by atoms with Gasteiger partial charge in [-0.15, -0.1) is 0 Å². The number of methoxy groups -OCH3 is 1. The van der Waals surface area contributed by atoms with E-state index in [0.29, 0.717) is 5.56 Å². The molecule has 0 saturated heterocycles. The Bertz CT molecular complexity index is 617. The number of benzene rings is 2. The summed E-state index contributed by atoms with van der Waals surface area (Å²) in [7, 11) is 1.35. The summed E-state index contributed by atoms with van der Waals surface area (Å²) in [6.45, 7) is 0.272. The molecule has 0 heterocycles. The first kappa shape index (κ1) is 15.0. The topological polar surface area (TPSA) is 64.3 Å². The minimum Gasteiger partial charge on any atom is -0.494 e.